The van der Waals surface area contributed by atoms with Crippen molar-refractivity contribution < 1.29 is 14.4 Å². The van der Waals surface area contributed by atoms with Crippen LogP contribution in [0.1, 0.15) is 85.2 Å². The van der Waals surface area contributed by atoms with E-state index in [9.17, 15) is 14.4 Å². The molecule has 0 bridgehead atoms. The standard InChI is InChI=1S/C26H28N4O3/c1-26(2,3)18-12-16(7-9-20(18)30-22(32)10-11-23(30)33)21(31)14-29-13-17-6-8-19(15-4-5-15)28-24(17)25(29)27/h6-9,12,15,27H,4-5,10-11,13-14H2,1-3H3. The Balaban J connectivity index is 1.39. The highest BCUT2D eigenvalue weighted by Crippen LogP contribution is 2.40. The van der Waals surface area contributed by atoms with Crippen LogP contribution in [0.4, 0.5) is 5.69 Å². The normalized spacial score (nSPS) is 18.3. The lowest BCUT2D eigenvalue weighted by Gasteiger charge is -2.27. The predicted octanol–water partition coefficient (Wildman–Crippen LogP) is 3.93. The Morgan fingerprint density at radius 2 is 1.79 bits per heavy atom. The molecule has 0 radical (unpaired) electrons. The number of nitrogens with zero attached hydrogens (tertiary/aromatic N) is 3. The highest BCUT2D eigenvalue weighted by molar-refractivity contribution is 6.20. The number of hydrogen-bond acceptors (Lipinski definition) is 5. The minimum Gasteiger partial charge on any atom is -0.343 e. The molecule has 1 saturated carbocycles. The third-order valence-electron chi connectivity index (χ3n) is 6.65. The Hall–Kier alpha value is -3.35. The summed E-state index contributed by atoms with van der Waals surface area (Å²) in [5.41, 5.74) is 4.20. The first-order valence-electron chi connectivity index (χ1n) is 11.5. The molecule has 0 unspecified atom stereocenters. The third kappa shape index (κ3) is 3.86. The molecule has 2 aromatic rings. The largest absolute Gasteiger partial charge is 0.343 e. The van der Waals surface area contributed by atoms with Gasteiger partial charge in [-0.15, -0.1) is 0 Å². The van der Waals surface area contributed by atoms with E-state index < -0.39 is 0 Å². The van der Waals surface area contributed by atoms with Gasteiger partial charge in [0.15, 0.2) is 5.78 Å². The van der Waals surface area contributed by atoms with Crippen molar-refractivity contribution in [2.75, 3.05) is 11.4 Å². The molecule has 7 heteroatoms. The van der Waals surface area contributed by atoms with Crippen molar-refractivity contribution in [3.63, 3.8) is 0 Å². The van der Waals surface area contributed by atoms with E-state index in [4.69, 9.17) is 10.4 Å². The third-order valence-corrected chi connectivity index (χ3v) is 6.65. The number of imide groups is 1. The summed E-state index contributed by atoms with van der Waals surface area (Å²) >= 11 is 0. The average Bonchev–Trinajstić information content (AvgIpc) is 3.50. The van der Waals surface area contributed by atoms with Gasteiger partial charge in [0.25, 0.3) is 0 Å². The van der Waals surface area contributed by atoms with Crippen LogP contribution in [0.3, 0.4) is 0 Å². The average molecular weight is 445 g/mol. The van der Waals surface area contributed by atoms with Crippen molar-refractivity contribution in [3.8, 4) is 0 Å². The SMILES string of the molecule is CC(C)(C)c1cc(C(=O)CN2Cc3ccc(C4CC4)nc3C2=N)ccc1N1C(=O)CCC1=O. The molecule has 1 N–H and O–H groups in total. The Labute approximate surface area is 193 Å². The van der Waals surface area contributed by atoms with Gasteiger partial charge >= 0.3 is 0 Å². The number of carbonyl (C=O) groups excluding carboxylic acids is 3. The first-order chi connectivity index (χ1) is 15.6. The van der Waals surface area contributed by atoms with Gasteiger partial charge in [-0.3, -0.25) is 24.7 Å². The van der Waals surface area contributed by atoms with E-state index in [0.717, 1.165) is 29.7 Å². The molecule has 7 nitrogen and oxygen atoms in total. The second-order valence-electron chi connectivity index (χ2n) is 10.3. The van der Waals surface area contributed by atoms with Gasteiger partial charge < -0.3 is 4.90 Å². The van der Waals surface area contributed by atoms with Crippen molar-refractivity contribution in [1.82, 2.24) is 9.88 Å². The summed E-state index contributed by atoms with van der Waals surface area (Å²) in [6, 6.07) is 9.27. The first kappa shape index (κ1) is 21.5. The van der Waals surface area contributed by atoms with Gasteiger partial charge in [0.05, 0.1) is 12.2 Å². The molecule has 2 amide bonds. The summed E-state index contributed by atoms with van der Waals surface area (Å²) in [5.74, 6) is 0.298. The molecule has 1 aliphatic carbocycles. The zero-order valence-corrected chi connectivity index (χ0v) is 19.3. The van der Waals surface area contributed by atoms with Crippen molar-refractivity contribution in [2.24, 2.45) is 0 Å². The lowest BCUT2D eigenvalue weighted by Crippen LogP contribution is -2.32. The minimum absolute atomic E-state index is 0.0818. The zero-order valence-electron chi connectivity index (χ0n) is 19.3. The Morgan fingerprint density at radius 3 is 2.42 bits per heavy atom. The predicted molar refractivity (Wildman–Crippen MR) is 125 cm³/mol. The molecule has 2 aliphatic heterocycles. The molecular formula is C26H28N4O3. The number of amidine groups is 1. The summed E-state index contributed by atoms with van der Waals surface area (Å²) in [5, 5.41) is 8.56. The minimum atomic E-state index is -0.367. The van der Waals surface area contributed by atoms with Gasteiger partial charge in [-0.25, -0.2) is 4.98 Å². The van der Waals surface area contributed by atoms with E-state index in [1.807, 2.05) is 32.9 Å². The number of pyridine rings is 1. The fourth-order valence-corrected chi connectivity index (χ4v) is 4.63. The molecule has 170 valence electrons. The quantitative estimate of drug-likeness (QED) is 0.557. The van der Waals surface area contributed by atoms with E-state index in [-0.39, 0.29) is 42.4 Å². The number of fused-ring (bicyclic) bond motifs is 1. The first-order valence-corrected chi connectivity index (χ1v) is 11.5. The number of Topliss-reactive ketones (excluding diaryl/α,β-unsaturated/α-hetero) is 1. The molecular weight excluding hydrogens is 416 g/mol. The van der Waals surface area contributed by atoms with Gasteiger partial charge in [0.1, 0.15) is 11.5 Å². The lowest BCUT2D eigenvalue weighted by molar-refractivity contribution is -0.121. The molecule has 0 spiro atoms. The van der Waals surface area contributed by atoms with E-state index in [0.29, 0.717) is 35.2 Å². The van der Waals surface area contributed by atoms with Gasteiger partial charge in [-0.2, -0.15) is 0 Å². The molecule has 3 heterocycles. The van der Waals surface area contributed by atoms with Crippen LogP contribution in [0, 0.1) is 5.41 Å². The summed E-state index contributed by atoms with van der Waals surface area (Å²) in [4.78, 5) is 45.6. The van der Waals surface area contributed by atoms with E-state index in [1.165, 1.54) is 4.90 Å². The van der Waals surface area contributed by atoms with E-state index >= 15 is 0 Å². The van der Waals surface area contributed by atoms with Crippen LogP contribution in [0.15, 0.2) is 30.3 Å². The number of nitrogens with one attached hydrogen (secondary N) is 1. The maximum absolute atomic E-state index is 13.2. The van der Waals surface area contributed by atoms with Gasteiger partial charge in [-0.1, -0.05) is 26.8 Å². The highest BCUT2D eigenvalue weighted by Gasteiger charge is 2.35. The maximum Gasteiger partial charge on any atom is 0.234 e. The molecule has 1 saturated heterocycles. The molecule has 5 rings (SSSR count). The van der Waals surface area contributed by atoms with E-state index in [2.05, 4.69) is 0 Å². The van der Waals surface area contributed by atoms with E-state index in [1.54, 1.807) is 23.1 Å². The fraction of sp³-hybridized carbons (Fsp3) is 0.423. The van der Waals surface area contributed by atoms with Crippen molar-refractivity contribution in [3.05, 3.63) is 58.4 Å². The number of amides is 2. The van der Waals surface area contributed by atoms with Crippen LogP contribution >= 0.6 is 0 Å². The summed E-state index contributed by atoms with van der Waals surface area (Å²) in [6.07, 6.45) is 2.75. The summed E-state index contributed by atoms with van der Waals surface area (Å²) < 4.78 is 0. The van der Waals surface area contributed by atoms with Crippen LogP contribution in [-0.2, 0) is 21.5 Å². The molecule has 33 heavy (non-hydrogen) atoms. The smallest absolute Gasteiger partial charge is 0.234 e. The van der Waals surface area contributed by atoms with Gasteiger partial charge in [0, 0.05) is 42.1 Å². The molecule has 2 fully saturated rings. The van der Waals surface area contributed by atoms with Gasteiger partial charge in [-0.05, 0) is 48.1 Å². The number of ketones is 1. The Kier molecular flexibility index (Phi) is 4.96. The monoisotopic (exact) mass is 444 g/mol. The lowest BCUT2D eigenvalue weighted by atomic mass is 9.84. The summed E-state index contributed by atoms with van der Waals surface area (Å²) in [6.45, 7) is 6.58. The number of hydrogen-bond donors (Lipinski definition) is 1. The van der Waals surface area contributed by atoms with Crippen LogP contribution in [-0.4, -0.2) is 39.9 Å². The number of anilines is 1. The maximum atomic E-state index is 13.2. The number of aromatic nitrogens is 1. The Bertz CT molecular complexity index is 1190. The van der Waals surface area contributed by atoms with Crippen molar-refractivity contribution >= 4 is 29.1 Å². The van der Waals surface area contributed by atoms with Crippen LogP contribution in [0.25, 0.3) is 0 Å². The molecule has 1 aromatic carbocycles. The second kappa shape index (κ2) is 7.61. The fourth-order valence-electron chi connectivity index (χ4n) is 4.63. The van der Waals surface area contributed by atoms with Crippen LogP contribution in [0.2, 0.25) is 0 Å². The summed E-state index contributed by atoms with van der Waals surface area (Å²) in [7, 11) is 0. The van der Waals surface area contributed by atoms with Crippen LogP contribution in [0.5, 0.6) is 0 Å². The van der Waals surface area contributed by atoms with Crippen molar-refractivity contribution in [1.29, 1.82) is 5.41 Å². The topological polar surface area (TPSA) is 94.4 Å². The molecule has 1 aromatic heterocycles. The van der Waals surface area contributed by atoms with Crippen molar-refractivity contribution in [2.45, 2.75) is 64.3 Å². The Morgan fingerprint density at radius 1 is 1.09 bits per heavy atom. The highest BCUT2D eigenvalue weighted by atomic mass is 16.2. The number of benzene rings is 1. The number of carbonyl (C=O) groups is 3. The molecule has 3 aliphatic rings. The van der Waals surface area contributed by atoms with Crippen LogP contribution < -0.4 is 4.90 Å². The number of rotatable bonds is 5. The molecule has 0 atom stereocenters. The zero-order chi connectivity index (χ0) is 23.5. The van der Waals surface area contributed by atoms with Gasteiger partial charge in [0.2, 0.25) is 11.8 Å². The second-order valence-corrected chi connectivity index (χ2v) is 10.3.